The number of ether oxygens (including phenoxy) is 5. The maximum Gasteiger partial charge on any atom is 0.335 e. The predicted octanol–water partition coefficient (Wildman–Crippen LogP) is 15.2. The molecule has 1 heterocycles. The predicted molar refractivity (Wildman–Crippen MR) is 312 cm³/mol. The number of aliphatic hydroxyl groups is 2. The van der Waals surface area contributed by atoms with Crippen LogP contribution in [0.2, 0.25) is 0 Å². The van der Waals surface area contributed by atoms with Crippen LogP contribution < -0.4 is 0 Å². The van der Waals surface area contributed by atoms with E-state index in [9.17, 15) is 34.5 Å². The summed E-state index contributed by atoms with van der Waals surface area (Å²) in [6.07, 6.45) is 58.8. The SMILES string of the molecule is CC/C=C\C/C=C\C/C=C\C/C=C\CCCCCCC(=O)OC1C(OCC(COC(=O)CCCC/C=C\C/C=C\C/C=C\C/C=C\CC)OC(=O)CCCCCCC/C=C\C/C=C\CCCCC)OC(C(=O)O)C(O)C1O. The maximum absolute atomic E-state index is 13.1. The van der Waals surface area contributed by atoms with Crippen molar-refractivity contribution >= 4 is 23.9 Å². The highest BCUT2D eigenvalue weighted by molar-refractivity contribution is 5.74. The Bertz CT molecular complexity index is 1800. The van der Waals surface area contributed by atoms with Crippen LogP contribution in [0, 0.1) is 0 Å². The molecule has 12 nitrogen and oxygen atoms in total. The average Bonchev–Trinajstić information content (AvgIpc) is 3.43. The molecule has 0 radical (unpaired) electrons. The average molecular weight is 1080 g/mol. The Morgan fingerprint density at radius 3 is 1.27 bits per heavy atom. The molecule has 0 aromatic carbocycles. The number of aliphatic carboxylic acids is 1. The van der Waals surface area contributed by atoms with Crippen molar-refractivity contribution in [2.45, 2.75) is 250 Å². The number of rotatable bonds is 48. The molecular formula is C65H102O12. The number of unbranched alkanes of at least 4 members (excludes halogenated alkanes) is 14. The second kappa shape index (κ2) is 51.9. The van der Waals surface area contributed by atoms with Crippen LogP contribution in [-0.4, -0.2) is 89.2 Å². The van der Waals surface area contributed by atoms with E-state index in [-0.39, 0.29) is 25.9 Å². The summed E-state index contributed by atoms with van der Waals surface area (Å²) in [7, 11) is 0. The van der Waals surface area contributed by atoms with E-state index in [1.54, 1.807) is 0 Å². The molecule has 6 atom stereocenters. The zero-order chi connectivity index (χ0) is 56.1. The van der Waals surface area contributed by atoms with Gasteiger partial charge in [-0.25, -0.2) is 4.79 Å². The molecule has 6 unspecified atom stereocenters. The van der Waals surface area contributed by atoms with E-state index in [1.165, 1.54) is 19.3 Å². The van der Waals surface area contributed by atoms with Gasteiger partial charge in [0, 0.05) is 19.3 Å². The number of carbonyl (C=O) groups is 4. The minimum absolute atomic E-state index is 0.0200. The minimum Gasteiger partial charge on any atom is -0.479 e. The van der Waals surface area contributed by atoms with Crippen LogP contribution in [0.5, 0.6) is 0 Å². The summed E-state index contributed by atoms with van der Waals surface area (Å²) < 4.78 is 28.3. The summed E-state index contributed by atoms with van der Waals surface area (Å²) in [6.45, 7) is 5.67. The normalized spacial score (nSPS) is 18.9. The van der Waals surface area contributed by atoms with Gasteiger partial charge in [0.25, 0.3) is 0 Å². The molecule has 0 aromatic rings. The van der Waals surface area contributed by atoms with Crippen LogP contribution in [0.4, 0.5) is 0 Å². The van der Waals surface area contributed by atoms with E-state index in [2.05, 4.69) is 142 Å². The van der Waals surface area contributed by atoms with Crippen molar-refractivity contribution in [2.24, 2.45) is 0 Å². The molecule has 12 heteroatoms. The van der Waals surface area contributed by atoms with Crippen molar-refractivity contribution < 1.29 is 58.2 Å². The van der Waals surface area contributed by atoms with Gasteiger partial charge in [0.05, 0.1) is 6.61 Å². The lowest BCUT2D eigenvalue weighted by Crippen LogP contribution is -2.61. The molecule has 3 N–H and O–H groups in total. The van der Waals surface area contributed by atoms with Crippen LogP contribution in [0.15, 0.2) is 122 Å². The van der Waals surface area contributed by atoms with Gasteiger partial charge < -0.3 is 39.0 Å². The summed E-state index contributed by atoms with van der Waals surface area (Å²) in [4.78, 5) is 51.1. The number of carboxylic acids is 1. The Balaban J connectivity index is 2.75. The van der Waals surface area contributed by atoms with Gasteiger partial charge in [-0.2, -0.15) is 0 Å². The summed E-state index contributed by atoms with van der Waals surface area (Å²) in [5.74, 6) is -3.24. The van der Waals surface area contributed by atoms with E-state index < -0.39 is 67.3 Å². The molecule has 77 heavy (non-hydrogen) atoms. The molecular weight excluding hydrogens is 973 g/mol. The number of hydrogen-bond donors (Lipinski definition) is 3. The minimum atomic E-state index is -1.93. The van der Waals surface area contributed by atoms with Crippen molar-refractivity contribution in [3.63, 3.8) is 0 Å². The fourth-order valence-electron chi connectivity index (χ4n) is 8.02. The number of hydrogen-bond acceptors (Lipinski definition) is 11. The van der Waals surface area contributed by atoms with Gasteiger partial charge in [0.15, 0.2) is 24.6 Å². The molecule has 1 rings (SSSR count). The third kappa shape index (κ3) is 41.8. The van der Waals surface area contributed by atoms with Crippen molar-refractivity contribution in [2.75, 3.05) is 13.2 Å². The molecule has 0 bridgehead atoms. The van der Waals surface area contributed by atoms with Crippen LogP contribution >= 0.6 is 0 Å². The van der Waals surface area contributed by atoms with E-state index in [1.807, 2.05) is 0 Å². The zero-order valence-electron chi connectivity index (χ0n) is 47.7. The highest BCUT2D eigenvalue weighted by Gasteiger charge is 2.50. The van der Waals surface area contributed by atoms with Crippen molar-refractivity contribution in [3.05, 3.63) is 122 Å². The van der Waals surface area contributed by atoms with E-state index in [0.717, 1.165) is 135 Å². The molecule has 0 aromatic heterocycles. The summed E-state index contributed by atoms with van der Waals surface area (Å²) in [5.41, 5.74) is 0. The van der Waals surface area contributed by atoms with Crippen molar-refractivity contribution in [1.82, 2.24) is 0 Å². The highest BCUT2D eigenvalue weighted by atomic mass is 16.7. The monoisotopic (exact) mass is 1070 g/mol. The van der Waals surface area contributed by atoms with Crippen LogP contribution in [0.3, 0.4) is 0 Å². The molecule has 0 amide bonds. The lowest BCUT2D eigenvalue weighted by atomic mass is 9.98. The van der Waals surface area contributed by atoms with Gasteiger partial charge in [0.1, 0.15) is 18.8 Å². The quantitative estimate of drug-likeness (QED) is 0.0228. The molecule has 0 aliphatic carbocycles. The first-order valence-electron chi connectivity index (χ1n) is 29.5. The van der Waals surface area contributed by atoms with Gasteiger partial charge in [-0.1, -0.05) is 187 Å². The van der Waals surface area contributed by atoms with Crippen LogP contribution in [0.25, 0.3) is 0 Å². The number of carboxylic acid groups (broad SMARTS) is 1. The first kappa shape index (κ1) is 70.1. The fourth-order valence-corrected chi connectivity index (χ4v) is 8.02. The lowest BCUT2D eigenvalue weighted by Gasteiger charge is -2.40. The van der Waals surface area contributed by atoms with E-state index in [0.29, 0.717) is 19.3 Å². The van der Waals surface area contributed by atoms with Gasteiger partial charge in [-0.05, 0) is 128 Å². The summed E-state index contributed by atoms with van der Waals surface area (Å²) in [5, 5.41) is 31.5. The molecule has 1 fully saturated rings. The largest absolute Gasteiger partial charge is 0.479 e. The third-order valence-corrected chi connectivity index (χ3v) is 12.5. The standard InChI is InChI=1S/C65H102O12/c1-4-7-10-13-16-19-22-25-28-29-32-35-38-41-44-47-50-53-59(68)76-63-61(70)60(69)62(64(71)72)77-65(63)74-55-56(75-58(67)52-49-46-43-40-37-34-31-27-24-21-18-15-12-9-6-3)54-73-57(66)51-48-45-42-39-36-33-30-26-23-20-17-14-11-8-5-2/h7-8,10-11,16-21,25-28,30-32,35-36,39,56,60-63,65,69-70H,4-6,9,12-15,22-24,29,33-34,37-38,40-55H2,1-3H3,(H,71,72)/b10-7-,11-8-,19-16-,20-17-,21-18-,28-25-,30-26-,31-27-,35-32-,39-36-. The third-order valence-electron chi connectivity index (χ3n) is 12.5. The second-order valence-electron chi connectivity index (χ2n) is 19.5. The van der Waals surface area contributed by atoms with Crippen molar-refractivity contribution in [3.8, 4) is 0 Å². The second-order valence-corrected chi connectivity index (χ2v) is 19.5. The maximum atomic E-state index is 13.1. The van der Waals surface area contributed by atoms with Crippen LogP contribution in [-0.2, 0) is 42.9 Å². The number of carbonyl (C=O) groups excluding carboxylic acids is 3. The van der Waals surface area contributed by atoms with E-state index in [4.69, 9.17) is 23.7 Å². The molecule has 0 saturated carbocycles. The van der Waals surface area contributed by atoms with Gasteiger partial charge in [0.2, 0.25) is 0 Å². The Labute approximate surface area is 465 Å². The number of allylic oxidation sites excluding steroid dienone is 20. The fraction of sp³-hybridized carbons (Fsp3) is 0.631. The smallest absolute Gasteiger partial charge is 0.335 e. The van der Waals surface area contributed by atoms with Crippen LogP contribution in [0.1, 0.15) is 213 Å². The number of esters is 3. The molecule has 1 aliphatic heterocycles. The van der Waals surface area contributed by atoms with E-state index >= 15 is 0 Å². The van der Waals surface area contributed by atoms with Crippen molar-refractivity contribution in [1.29, 1.82) is 0 Å². The Morgan fingerprint density at radius 1 is 0.442 bits per heavy atom. The highest BCUT2D eigenvalue weighted by Crippen LogP contribution is 2.26. The first-order chi connectivity index (χ1) is 37.6. The molecule has 1 aliphatic rings. The molecule has 0 spiro atoms. The lowest BCUT2D eigenvalue weighted by molar-refractivity contribution is -0.301. The summed E-state index contributed by atoms with van der Waals surface area (Å²) >= 11 is 0. The summed E-state index contributed by atoms with van der Waals surface area (Å²) in [6, 6.07) is 0. The van der Waals surface area contributed by atoms with Gasteiger partial charge in [-0.3, -0.25) is 14.4 Å². The first-order valence-corrected chi connectivity index (χ1v) is 29.5. The molecule has 1 saturated heterocycles. The Hall–Kier alpha value is -4.88. The zero-order valence-corrected chi connectivity index (χ0v) is 47.7. The topological polar surface area (TPSA) is 175 Å². The Kier molecular flexibility index (Phi) is 47.2. The number of aliphatic hydroxyl groups excluding tert-OH is 2. The Morgan fingerprint density at radius 2 is 0.818 bits per heavy atom. The molecule has 434 valence electrons. The van der Waals surface area contributed by atoms with Gasteiger partial charge in [-0.15, -0.1) is 0 Å². The van der Waals surface area contributed by atoms with Gasteiger partial charge >= 0.3 is 23.9 Å².